The number of hydrogen-bond acceptors (Lipinski definition) is 4. The number of likely N-dealkylation sites (N-methyl/N-ethyl adjacent to an activating group) is 1. The van der Waals surface area contributed by atoms with Crippen LogP contribution in [0.15, 0.2) is 24.3 Å². The quantitative estimate of drug-likeness (QED) is 0.854. The van der Waals surface area contributed by atoms with Gasteiger partial charge in [0.1, 0.15) is 0 Å². The van der Waals surface area contributed by atoms with Gasteiger partial charge >= 0.3 is 0 Å². The van der Waals surface area contributed by atoms with Crippen molar-refractivity contribution in [3.8, 4) is 0 Å². The maximum Gasteiger partial charge on any atom is 0.241 e. The molecule has 1 unspecified atom stereocenters. The number of nitrogens with zero attached hydrogens (tertiary/aromatic N) is 3. The first-order chi connectivity index (χ1) is 11.6. The molecule has 1 atom stereocenters. The van der Waals surface area contributed by atoms with Crippen LogP contribution in [-0.4, -0.2) is 74.0 Å². The monoisotopic (exact) mass is 366 g/mol. The molecule has 2 aliphatic heterocycles. The highest BCUT2D eigenvalue weighted by Crippen LogP contribution is 2.31. The zero-order chi connectivity index (χ0) is 17.1. The minimum atomic E-state index is 0. The zero-order valence-electron chi connectivity index (χ0n) is 14.9. The fourth-order valence-corrected chi connectivity index (χ4v) is 3.55. The van der Waals surface area contributed by atoms with Gasteiger partial charge in [0.2, 0.25) is 11.8 Å². The first kappa shape index (κ1) is 19.7. The van der Waals surface area contributed by atoms with Crippen LogP contribution in [0.25, 0.3) is 0 Å². The Hall–Kier alpha value is -1.63. The summed E-state index contributed by atoms with van der Waals surface area (Å²) in [6.45, 7) is 5.80. The summed E-state index contributed by atoms with van der Waals surface area (Å²) in [5, 5.41) is 3.24. The molecule has 2 aliphatic rings. The van der Waals surface area contributed by atoms with Crippen molar-refractivity contribution >= 4 is 29.9 Å². The van der Waals surface area contributed by atoms with Crippen LogP contribution in [0.2, 0.25) is 0 Å². The lowest BCUT2D eigenvalue weighted by molar-refractivity contribution is -0.133. The molecule has 2 amide bonds. The first-order valence-corrected chi connectivity index (χ1v) is 8.63. The van der Waals surface area contributed by atoms with Gasteiger partial charge in [-0.2, -0.15) is 0 Å². The van der Waals surface area contributed by atoms with Gasteiger partial charge in [-0.1, -0.05) is 18.2 Å². The number of halogens is 1. The summed E-state index contributed by atoms with van der Waals surface area (Å²) in [5.74, 6) is 0.157. The van der Waals surface area contributed by atoms with E-state index in [4.69, 9.17) is 0 Å². The number of para-hydroxylation sites is 1. The summed E-state index contributed by atoms with van der Waals surface area (Å²) in [6, 6.07) is 8.23. The Labute approximate surface area is 155 Å². The van der Waals surface area contributed by atoms with Crippen LogP contribution < -0.4 is 10.2 Å². The zero-order valence-corrected chi connectivity index (χ0v) is 15.7. The summed E-state index contributed by atoms with van der Waals surface area (Å²) < 4.78 is 0. The number of nitrogens with one attached hydrogen (secondary N) is 1. The minimum absolute atomic E-state index is 0. The SMILES string of the molecule is CC1Cc2ccccc2N1C(=O)CN(C)CC(=O)N1CCNCC1.Cl. The van der Waals surface area contributed by atoms with Crippen molar-refractivity contribution < 1.29 is 9.59 Å². The molecular weight excluding hydrogens is 340 g/mol. The van der Waals surface area contributed by atoms with E-state index in [1.54, 1.807) is 0 Å². The van der Waals surface area contributed by atoms with Crippen molar-refractivity contribution in [1.82, 2.24) is 15.1 Å². The standard InChI is InChI=1S/C18H26N4O2.ClH/c1-14-11-15-5-3-4-6-16(15)22(14)18(24)13-20(2)12-17(23)21-9-7-19-8-10-21;/h3-6,14,19H,7-13H2,1-2H3;1H. The summed E-state index contributed by atoms with van der Waals surface area (Å²) in [6.07, 6.45) is 0.894. The predicted octanol–water partition coefficient (Wildman–Crippen LogP) is 0.750. The van der Waals surface area contributed by atoms with Gasteiger partial charge in [0, 0.05) is 37.9 Å². The number of piperazine rings is 1. The molecule has 1 aromatic rings. The Morgan fingerprint density at radius 1 is 1.16 bits per heavy atom. The molecule has 25 heavy (non-hydrogen) atoms. The van der Waals surface area contributed by atoms with Crippen LogP contribution in [0.1, 0.15) is 12.5 Å². The third kappa shape index (κ3) is 4.51. The number of rotatable bonds is 4. The summed E-state index contributed by atoms with van der Waals surface area (Å²) in [4.78, 5) is 30.6. The fourth-order valence-electron chi connectivity index (χ4n) is 3.55. The Kier molecular flexibility index (Phi) is 6.81. The molecule has 1 fully saturated rings. The predicted molar refractivity (Wildman–Crippen MR) is 101 cm³/mol. The van der Waals surface area contributed by atoms with E-state index in [9.17, 15) is 9.59 Å². The summed E-state index contributed by atoms with van der Waals surface area (Å²) >= 11 is 0. The molecule has 0 aliphatic carbocycles. The molecule has 0 bridgehead atoms. The lowest BCUT2D eigenvalue weighted by Gasteiger charge is -2.30. The van der Waals surface area contributed by atoms with E-state index in [2.05, 4.69) is 18.3 Å². The molecule has 6 nitrogen and oxygen atoms in total. The topological polar surface area (TPSA) is 55.9 Å². The van der Waals surface area contributed by atoms with Gasteiger partial charge in [0.25, 0.3) is 0 Å². The third-order valence-electron chi connectivity index (χ3n) is 4.76. The van der Waals surface area contributed by atoms with Crippen LogP contribution in [0.5, 0.6) is 0 Å². The fraction of sp³-hybridized carbons (Fsp3) is 0.556. The van der Waals surface area contributed by atoms with E-state index in [0.717, 1.165) is 38.3 Å². The van der Waals surface area contributed by atoms with Crippen LogP contribution in [-0.2, 0) is 16.0 Å². The van der Waals surface area contributed by atoms with E-state index in [1.165, 1.54) is 5.56 Å². The number of benzene rings is 1. The van der Waals surface area contributed by atoms with E-state index in [-0.39, 0.29) is 43.4 Å². The molecule has 1 saturated heterocycles. The Morgan fingerprint density at radius 2 is 1.80 bits per heavy atom. The Morgan fingerprint density at radius 3 is 2.52 bits per heavy atom. The van der Waals surface area contributed by atoms with E-state index < -0.39 is 0 Å². The van der Waals surface area contributed by atoms with Crippen molar-refractivity contribution in [2.75, 3.05) is 51.2 Å². The molecule has 3 rings (SSSR count). The second-order valence-electron chi connectivity index (χ2n) is 6.75. The molecular formula is C18H27ClN4O2. The van der Waals surface area contributed by atoms with E-state index in [1.807, 2.05) is 39.9 Å². The molecule has 1 N–H and O–H groups in total. The summed E-state index contributed by atoms with van der Waals surface area (Å²) in [5.41, 5.74) is 2.23. The number of carbonyl (C=O) groups excluding carboxylic acids is 2. The van der Waals surface area contributed by atoms with Crippen molar-refractivity contribution in [2.24, 2.45) is 0 Å². The molecule has 2 heterocycles. The smallest absolute Gasteiger partial charge is 0.241 e. The third-order valence-corrected chi connectivity index (χ3v) is 4.76. The van der Waals surface area contributed by atoms with E-state index in [0.29, 0.717) is 0 Å². The Balaban J connectivity index is 0.00000225. The number of hydrogen-bond donors (Lipinski definition) is 1. The van der Waals surface area contributed by atoms with Gasteiger partial charge in [-0.15, -0.1) is 12.4 Å². The molecule has 1 aromatic carbocycles. The van der Waals surface area contributed by atoms with Crippen molar-refractivity contribution in [3.63, 3.8) is 0 Å². The van der Waals surface area contributed by atoms with Crippen molar-refractivity contribution in [3.05, 3.63) is 29.8 Å². The van der Waals surface area contributed by atoms with Crippen LogP contribution in [0, 0.1) is 0 Å². The van der Waals surface area contributed by atoms with E-state index >= 15 is 0 Å². The maximum absolute atomic E-state index is 12.7. The highest BCUT2D eigenvalue weighted by molar-refractivity contribution is 5.97. The average Bonchev–Trinajstić information content (AvgIpc) is 2.91. The van der Waals surface area contributed by atoms with Crippen LogP contribution in [0.3, 0.4) is 0 Å². The van der Waals surface area contributed by atoms with Crippen molar-refractivity contribution in [2.45, 2.75) is 19.4 Å². The maximum atomic E-state index is 12.7. The normalized spacial score (nSPS) is 19.6. The molecule has 0 radical (unpaired) electrons. The number of carbonyl (C=O) groups is 2. The molecule has 0 saturated carbocycles. The number of amides is 2. The highest BCUT2D eigenvalue weighted by atomic mass is 35.5. The molecule has 0 spiro atoms. The van der Waals surface area contributed by atoms with Crippen molar-refractivity contribution in [1.29, 1.82) is 0 Å². The lowest BCUT2D eigenvalue weighted by atomic mass is 10.1. The van der Waals surface area contributed by atoms with Gasteiger partial charge in [-0.3, -0.25) is 14.5 Å². The number of fused-ring (bicyclic) bond motifs is 1. The van der Waals surface area contributed by atoms with Crippen LogP contribution >= 0.6 is 12.4 Å². The number of anilines is 1. The second kappa shape index (κ2) is 8.65. The molecule has 0 aromatic heterocycles. The second-order valence-corrected chi connectivity index (χ2v) is 6.75. The molecule has 138 valence electrons. The van der Waals surface area contributed by atoms with Gasteiger partial charge in [-0.25, -0.2) is 0 Å². The first-order valence-electron chi connectivity index (χ1n) is 8.63. The minimum Gasteiger partial charge on any atom is -0.339 e. The average molecular weight is 367 g/mol. The van der Waals surface area contributed by atoms with Gasteiger partial charge in [0.15, 0.2) is 0 Å². The van der Waals surface area contributed by atoms with Crippen LogP contribution in [0.4, 0.5) is 5.69 Å². The van der Waals surface area contributed by atoms with Gasteiger partial charge in [-0.05, 0) is 32.0 Å². The summed E-state index contributed by atoms with van der Waals surface area (Å²) in [7, 11) is 1.84. The molecule has 7 heteroatoms. The Bertz CT molecular complexity index is 619. The highest BCUT2D eigenvalue weighted by Gasteiger charge is 2.31. The van der Waals surface area contributed by atoms with Gasteiger partial charge in [0.05, 0.1) is 13.1 Å². The lowest BCUT2D eigenvalue weighted by Crippen LogP contribution is -2.50. The van der Waals surface area contributed by atoms with Gasteiger partial charge < -0.3 is 15.1 Å². The largest absolute Gasteiger partial charge is 0.339 e.